The number of hydrogen-bond donors (Lipinski definition) is 1. The molecule has 0 radical (unpaired) electrons. The van der Waals surface area contributed by atoms with E-state index >= 15 is 0 Å². The van der Waals surface area contributed by atoms with Crippen LogP contribution in [0.4, 0.5) is 5.69 Å². The monoisotopic (exact) mass is 381 g/mol. The van der Waals surface area contributed by atoms with Gasteiger partial charge in [0.2, 0.25) is 0 Å². The first kappa shape index (κ1) is 19.1. The Hall–Kier alpha value is -2.24. The first-order valence-corrected chi connectivity index (χ1v) is 8.20. The Bertz CT molecular complexity index is 752. The van der Waals surface area contributed by atoms with E-state index in [1.54, 1.807) is 6.07 Å². The SMILES string of the molecule is Cc1cc(C)cc(OCC(=O)OCC(=O)Nc2cc(Cl)cc(Cl)c2)c1. The van der Waals surface area contributed by atoms with Gasteiger partial charge in [-0.15, -0.1) is 0 Å². The molecule has 2 aromatic rings. The summed E-state index contributed by atoms with van der Waals surface area (Å²) in [5.41, 5.74) is 2.48. The van der Waals surface area contributed by atoms with Crippen LogP contribution in [0, 0.1) is 13.8 Å². The van der Waals surface area contributed by atoms with Crippen molar-refractivity contribution in [3.05, 3.63) is 57.6 Å². The zero-order valence-electron chi connectivity index (χ0n) is 13.8. The van der Waals surface area contributed by atoms with Crippen LogP contribution in [-0.4, -0.2) is 25.1 Å². The number of carbonyl (C=O) groups excluding carboxylic acids is 2. The molecule has 2 rings (SSSR count). The third-order valence-electron chi connectivity index (χ3n) is 3.06. The van der Waals surface area contributed by atoms with E-state index in [-0.39, 0.29) is 6.61 Å². The highest BCUT2D eigenvalue weighted by Crippen LogP contribution is 2.22. The summed E-state index contributed by atoms with van der Waals surface area (Å²) in [6.45, 7) is 3.16. The number of anilines is 1. The summed E-state index contributed by atoms with van der Waals surface area (Å²) in [5, 5.41) is 3.32. The number of ether oxygens (including phenoxy) is 2. The van der Waals surface area contributed by atoms with Gasteiger partial charge < -0.3 is 14.8 Å². The maximum absolute atomic E-state index is 11.8. The summed E-state index contributed by atoms with van der Waals surface area (Å²) >= 11 is 11.7. The van der Waals surface area contributed by atoms with Gasteiger partial charge in [-0.2, -0.15) is 0 Å². The van der Waals surface area contributed by atoms with Crippen LogP contribution in [0.2, 0.25) is 10.0 Å². The van der Waals surface area contributed by atoms with Gasteiger partial charge >= 0.3 is 5.97 Å². The van der Waals surface area contributed by atoms with Crippen LogP contribution in [0.25, 0.3) is 0 Å². The number of nitrogens with one attached hydrogen (secondary N) is 1. The van der Waals surface area contributed by atoms with Gasteiger partial charge in [-0.3, -0.25) is 4.79 Å². The third kappa shape index (κ3) is 6.64. The first-order chi connectivity index (χ1) is 11.8. The van der Waals surface area contributed by atoms with Gasteiger partial charge in [-0.05, 0) is 55.3 Å². The molecular formula is C18H17Cl2NO4. The number of amides is 1. The summed E-state index contributed by atoms with van der Waals surface area (Å²) in [5.74, 6) is -0.566. The van der Waals surface area contributed by atoms with Gasteiger partial charge in [-0.1, -0.05) is 29.3 Å². The van der Waals surface area contributed by atoms with Gasteiger partial charge in [-0.25, -0.2) is 4.79 Å². The van der Waals surface area contributed by atoms with Crippen molar-refractivity contribution in [3.63, 3.8) is 0 Å². The lowest BCUT2D eigenvalue weighted by molar-refractivity contribution is -0.149. The maximum Gasteiger partial charge on any atom is 0.344 e. The zero-order valence-corrected chi connectivity index (χ0v) is 15.3. The maximum atomic E-state index is 11.8. The lowest BCUT2D eigenvalue weighted by atomic mass is 10.1. The van der Waals surface area contributed by atoms with Crippen molar-refractivity contribution < 1.29 is 19.1 Å². The molecule has 1 N–H and O–H groups in total. The average molecular weight is 382 g/mol. The molecule has 0 unspecified atom stereocenters. The molecule has 0 aliphatic rings. The fourth-order valence-corrected chi connectivity index (χ4v) is 2.70. The fourth-order valence-electron chi connectivity index (χ4n) is 2.17. The molecule has 1 amide bonds. The van der Waals surface area contributed by atoms with E-state index in [9.17, 15) is 9.59 Å². The van der Waals surface area contributed by atoms with Crippen molar-refractivity contribution in [3.8, 4) is 5.75 Å². The van der Waals surface area contributed by atoms with Crippen molar-refractivity contribution in [2.24, 2.45) is 0 Å². The molecule has 25 heavy (non-hydrogen) atoms. The van der Waals surface area contributed by atoms with Crippen LogP contribution in [0.1, 0.15) is 11.1 Å². The van der Waals surface area contributed by atoms with E-state index < -0.39 is 18.5 Å². The van der Waals surface area contributed by atoms with E-state index in [2.05, 4.69) is 5.32 Å². The standard InChI is InChI=1S/C18H17Cl2NO4/c1-11-3-12(2)5-16(4-11)24-10-18(23)25-9-17(22)21-15-7-13(19)6-14(20)8-15/h3-8H,9-10H2,1-2H3,(H,21,22). The first-order valence-electron chi connectivity index (χ1n) is 7.44. The lowest BCUT2D eigenvalue weighted by Crippen LogP contribution is -2.23. The summed E-state index contributed by atoms with van der Waals surface area (Å²) in [6, 6.07) is 10.2. The van der Waals surface area contributed by atoms with Crippen molar-refractivity contribution in [1.82, 2.24) is 0 Å². The molecule has 0 spiro atoms. The molecule has 0 saturated carbocycles. The second kappa shape index (κ2) is 8.74. The number of aryl methyl sites for hydroxylation is 2. The molecular weight excluding hydrogens is 365 g/mol. The highest BCUT2D eigenvalue weighted by Gasteiger charge is 2.10. The molecule has 2 aromatic carbocycles. The molecule has 0 atom stereocenters. The molecule has 7 heteroatoms. The minimum atomic E-state index is -0.640. The summed E-state index contributed by atoms with van der Waals surface area (Å²) in [6.07, 6.45) is 0. The van der Waals surface area contributed by atoms with Crippen LogP contribution in [0.15, 0.2) is 36.4 Å². The summed E-state index contributed by atoms with van der Waals surface area (Å²) in [4.78, 5) is 23.5. The van der Waals surface area contributed by atoms with Crippen LogP contribution >= 0.6 is 23.2 Å². The third-order valence-corrected chi connectivity index (χ3v) is 3.50. The van der Waals surface area contributed by atoms with Gasteiger partial charge in [0.15, 0.2) is 13.2 Å². The van der Waals surface area contributed by atoms with E-state index in [1.807, 2.05) is 32.0 Å². The normalized spacial score (nSPS) is 10.2. The molecule has 0 bridgehead atoms. The quantitative estimate of drug-likeness (QED) is 0.762. The van der Waals surface area contributed by atoms with Crippen LogP contribution in [0.3, 0.4) is 0 Å². The number of benzene rings is 2. The van der Waals surface area contributed by atoms with Crippen LogP contribution in [0.5, 0.6) is 5.75 Å². The summed E-state index contributed by atoms with van der Waals surface area (Å²) in [7, 11) is 0. The highest BCUT2D eigenvalue weighted by molar-refractivity contribution is 6.35. The number of halogens is 2. The number of carbonyl (C=O) groups is 2. The molecule has 0 aliphatic carbocycles. The Morgan fingerprint density at radius 2 is 1.52 bits per heavy atom. The van der Waals surface area contributed by atoms with Crippen LogP contribution < -0.4 is 10.1 Å². The fraction of sp³-hybridized carbons (Fsp3) is 0.222. The second-order valence-electron chi connectivity index (χ2n) is 5.48. The Balaban J connectivity index is 1.78. The molecule has 0 aromatic heterocycles. The molecule has 132 valence electrons. The predicted molar refractivity (Wildman–Crippen MR) is 97.5 cm³/mol. The Morgan fingerprint density at radius 1 is 0.920 bits per heavy atom. The molecule has 0 heterocycles. The van der Waals surface area contributed by atoms with Crippen molar-refractivity contribution >= 4 is 40.8 Å². The minimum absolute atomic E-state index is 0.279. The van der Waals surface area contributed by atoms with E-state index in [4.69, 9.17) is 32.7 Å². The number of rotatable bonds is 6. The number of hydrogen-bond acceptors (Lipinski definition) is 4. The van der Waals surface area contributed by atoms with Gasteiger partial charge in [0.25, 0.3) is 5.91 Å². The van der Waals surface area contributed by atoms with Gasteiger partial charge in [0, 0.05) is 15.7 Å². The Labute approximate surface area is 155 Å². The van der Waals surface area contributed by atoms with E-state index in [1.165, 1.54) is 12.1 Å². The Morgan fingerprint density at radius 3 is 2.12 bits per heavy atom. The lowest BCUT2D eigenvalue weighted by Gasteiger charge is -2.09. The topological polar surface area (TPSA) is 64.6 Å². The second-order valence-corrected chi connectivity index (χ2v) is 6.35. The Kier molecular flexibility index (Phi) is 6.67. The van der Waals surface area contributed by atoms with Gasteiger partial charge in [0.1, 0.15) is 5.75 Å². The molecule has 5 nitrogen and oxygen atoms in total. The number of esters is 1. The average Bonchev–Trinajstić information content (AvgIpc) is 2.49. The van der Waals surface area contributed by atoms with Crippen molar-refractivity contribution in [1.29, 1.82) is 0 Å². The smallest absolute Gasteiger partial charge is 0.344 e. The van der Waals surface area contributed by atoms with Gasteiger partial charge in [0.05, 0.1) is 0 Å². The minimum Gasteiger partial charge on any atom is -0.482 e. The highest BCUT2D eigenvalue weighted by atomic mass is 35.5. The molecule has 0 saturated heterocycles. The molecule has 0 fully saturated rings. The predicted octanol–water partition coefficient (Wildman–Crippen LogP) is 4.17. The van der Waals surface area contributed by atoms with E-state index in [0.29, 0.717) is 21.5 Å². The van der Waals surface area contributed by atoms with Crippen molar-refractivity contribution in [2.75, 3.05) is 18.5 Å². The molecule has 0 aliphatic heterocycles. The zero-order chi connectivity index (χ0) is 18.4. The van der Waals surface area contributed by atoms with Crippen molar-refractivity contribution in [2.45, 2.75) is 13.8 Å². The van der Waals surface area contributed by atoms with Crippen LogP contribution in [-0.2, 0) is 14.3 Å². The van der Waals surface area contributed by atoms with E-state index in [0.717, 1.165) is 11.1 Å². The summed E-state index contributed by atoms with van der Waals surface area (Å²) < 4.78 is 10.2. The largest absolute Gasteiger partial charge is 0.482 e.